The molecule has 1 unspecified atom stereocenters. The van der Waals surface area contributed by atoms with E-state index in [1.54, 1.807) is 11.3 Å². The Balaban J connectivity index is 1.93. The topological polar surface area (TPSA) is 23.8 Å². The second kappa shape index (κ2) is 5.42. The van der Waals surface area contributed by atoms with Gasteiger partial charge in [-0.15, -0.1) is 11.3 Å². The predicted octanol–water partition coefficient (Wildman–Crippen LogP) is 2.82. The third-order valence-electron chi connectivity index (χ3n) is 4.01. The van der Waals surface area contributed by atoms with Gasteiger partial charge in [0.05, 0.1) is 5.69 Å². The fourth-order valence-corrected chi connectivity index (χ4v) is 4.03. The molecule has 2 aromatic heterocycles. The Kier molecular flexibility index (Phi) is 3.82. The standard InChI is InChI=1S/C13H19BrN4S/c1-3-10-9-17(5-4-16(10)2)12-11(8-14)18-6-7-19-13(18)15-12/h6-7,10H,3-5,8-9H2,1-2H3. The van der Waals surface area contributed by atoms with E-state index in [9.17, 15) is 0 Å². The van der Waals surface area contributed by atoms with Crippen LogP contribution in [0.15, 0.2) is 11.6 Å². The Labute approximate surface area is 126 Å². The van der Waals surface area contributed by atoms with Crippen LogP contribution in [0.3, 0.4) is 0 Å². The number of imidazole rings is 1. The summed E-state index contributed by atoms with van der Waals surface area (Å²) in [6.07, 6.45) is 3.30. The summed E-state index contributed by atoms with van der Waals surface area (Å²) >= 11 is 5.31. The lowest BCUT2D eigenvalue weighted by atomic mass is 10.1. The number of anilines is 1. The van der Waals surface area contributed by atoms with Crippen molar-refractivity contribution in [2.45, 2.75) is 24.7 Å². The Morgan fingerprint density at radius 2 is 2.32 bits per heavy atom. The van der Waals surface area contributed by atoms with Crippen molar-refractivity contribution in [2.24, 2.45) is 0 Å². The van der Waals surface area contributed by atoms with Crippen LogP contribution in [0.2, 0.25) is 0 Å². The molecular formula is C13H19BrN4S. The molecule has 0 aliphatic carbocycles. The maximum atomic E-state index is 4.82. The van der Waals surface area contributed by atoms with E-state index in [0.717, 1.165) is 35.7 Å². The highest BCUT2D eigenvalue weighted by atomic mass is 79.9. The third-order valence-corrected chi connectivity index (χ3v) is 5.30. The van der Waals surface area contributed by atoms with Gasteiger partial charge >= 0.3 is 0 Å². The van der Waals surface area contributed by atoms with Gasteiger partial charge in [-0.25, -0.2) is 4.98 Å². The molecule has 0 saturated carbocycles. The fraction of sp³-hybridized carbons (Fsp3) is 0.615. The number of aromatic nitrogens is 2. The number of rotatable bonds is 3. The van der Waals surface area contributed by atoms with Crippen molar-refractivity contribution in [3.05, 3.63) is 17.3 Å². The molecule has 0 N–H and O–H groups in total. The third kappa shape index (κ3) is 2.30. The molecular weight excluding hydrogens is 324 g/mol. The van der Waals surface area contributed by atoms with Gasteiger partial charge in [-0.1, -0.05) is 22.9 Å². The molecule has 0 radical (unpaired) electrons. The Hall–Kier alpha value is -0.590. The summed E-state index contributed by atoms with van der Waals surface area (Å²) in [6.45, 7) is 5.53. The summed E-state index contributed by atoms with van der Waals surface area (Å²) in [5.74, 6) is 1.16. The molecule has 3 rings (SSSR count). The van der Waals surface area contributed by atoms with Gasteiger partial charge in [0.25, 0.3) is 0 Å². The second-order valence-corrected chi connectivity index (χ2v) is 6.49. The highest BCUT2D eigenvalue weighted by Gasteiger charge is 2.26. The monoisotopic (exact) mass is 342 g/mol. The second-order valence-electron chi connectivity index (χ2n) is 5.06. The summed E-state index contributed by atoms with van der Waals surface area (Å²) in [7, 11) is 2.22. The van der Waals surface area contributed by atoms with E-state index in [1.807, 2.05) is 0 Å². The van der Waals surface area contributed by atoms with E-state index in [2.05, 4.69) is 55.7 Å². The molecule has 1 atom stereocenters. The van der Waals surface area contributed by atoms with Crippen molar-refractivity contribution >= 4 is 38.0 Å². The van der Waals surface area contributed by atoms with Crippen LogP contribution >= 0.6 is 27.3 Å². The van der Waals surface area contributed by atoms with Crippen LogP contribution in [-0.2, 0) is 5.33 Å². The van der Waals surface area contributed by atoms with Crippen molar-refractivity contribution in [3.8, 4) is 0 Å². The van der Waals surface area contributed by atoms with E-state index in [4.69, 9.17) is 4.98 Å². The van der Waals surface area contributed by atoms with Gasteiger partial charge < -0.3 is 4.90 Å². The van der Waals surface area contributed by atoms with E-state index >= 15 is 0 Å². The summed E-state index contributed by atoms with van der Waals surface area (Å²) < 4.78 is 2.20. The SMILES string of the molecule is CCC1CN(c2nc3sccn3c2CBr)CCN1C. The number of fused-ring (bicyclic) bond motifs is 1. The van der Waals surface area contributed by atoms with E-state index < -0.39 is 0 Å². The van der Waals surface area contributed by atoms with Gasteiger partial charge in [-0.05, 0) is 13.5 Å². The quantitative estimate of drug-likeness (QED) is 0.801. The Bertz CT molecular complexity index is 564. The normalized spacial score (nSPS) is 21.4. The largest absolute Gasteiger partial charge is 0.352 e. The lowest BCUT2D eigenvalue weighted by Gasteiger charge is -2.39. The summed E-state index contributed by atoms with van der Waals surface area (Å²) in [4.78, 5) is 10.8. The average molecular weight is 343 g/mol. The number of thiazole rings is 1. The predicted molar refractivity (Wildman–Crippen MR) is 84.6 cm³/mol. The number of hydrogen-bond donors (Lipinski definition) is 0. The lowest BCUT2D eigenvalue weighted by molar-refractivity contribution is 0.213. The minimum atomic E-state index is 0.636. The average Bonchev–Trinajstić information content (AvgIpc) is 2.99. The molecule has 19 heavy (non-hydrogen) atoms. The molecule has 1 aliphatic rings. The molecule has 0 spiro atoms. The van der Waals surface area contributed by atoms with Gasteiger partial charge in [0, 0.05) is 42.6 Å². The van der Waals surface area contributed by atoms with Crippen LogP contribution in [0.4, 0.5) is 5.82 Å². The van der Waals surface area contributed by atoms with Crippen molar-refractivity contribution < 1.29 is 0 Å². The van der Waals surface area contributed by atoms with Crippen molar-refractivity contribution in [1.82, 2.24) is 14.3 Å². The number of piperazine rings is 1. The van der Waals surface area contributed by atoms with Gasteiger partial charge in [-0.3, -0.25) is 9.30 Å². The Morgan fingerprint density at radius 3 is 3.05 bits per heavy atom. The van der Waals surface area contributed by atoms with Crippen LogP contribution in [0.25, 0.3) is 4.96 Å². The van der Waals surface area contributed by atoms with Crippen LogP contribution in [0, 0.1) is 0 Å². The molecule has 2 aromatic rings. The number of hydrogen-bond acceptors (Lipinski definition) is 4. The van der Waals surface area contributed by atoms with Crippen molar-refractivity contribution in [1.29, 1.82) is 0 Å². The zero-order valence-electron chi connectivity index (χ0n) is 11.3. The first kappa shape index (κ1) is 13.4. The molecule has 4 nitrogen and oxygen atoms in total. The number of nitrogens with zero attached hydrogens (tertiary/aromatic N) is 4. The lowest BCUT2D eigenvalue weighted by Crippen LogP contribution is -2.51. The Morgan fingerprint density at radius 1 is 1.47 bits per heavy atom. The molecule has 0 aromatic carbocycles. The van der Waals surface area contributed by atoms with E-state index in [0.29, 0.717) is 6.04 Å². The van der Waals surface area contributed by atoms with Crippen LogP contribution < -0.4 is 4.90 Å². The maximum Gasteiger partial charge on any atom is 0.195 e. The number of alkyl halides is 1. The molecule has 0 bridgehead atoms. The van der Waals surface area contributed by atoms with E-state index in [1.165, 1.54) is 12.1 Å². The molecule has 0 amide bonds. The molecule has 6 heteroatoms. The first-order chi connectivity index (χ1) is 9.24. The van der Waals surface area contributed by atoms with Gasteiger partial charge in [0.2, 0.25) is 0 Å². The van der Waals surface area contributed by atoms with Gasteiger partial charge in [0.15, 0.2) is 10.8 Å². The number of likely N-dealkylation sites (N-methyl/N-ethyl adjacent to an activating group) is 1. The minimum Gasteiger partial charge on any atom is -0.352 e. The molecule has 3 heterocycles. The highest BCUT2D eigenvalue weighted by molar-refractivity contribution is 9.08. The molecule has 104 valence electrons. The fourth-order valence-electron chi connectivity index (χ4n) is 2.78. The van der Waals surface area contributed by atoms with Crippen molar-refractivity contribution in [3.63, 3.8) is 0 Å². The number of halogens is 1. The first-order valence-electron chi connectivity index (χ1n) is 6.70. The van der Waals surface area contributed by atoms with E-state index in [-0.39, 0.29) is 0 Å². The van der Waals surface area contributed by atoms with Gasteiger partial charge in [-0.2, -0.15) is 0 Å². The van der Waals surface area contributed by atoms with Gasteiger partial charge in [0.1, 0.15) is 0 Å². The summed E-state index contributed by atoms with van der Waals surface area (Å²) in [5.41, 5.74) is 1.27. The maximum absolute atomic E-state index is 4.82. The van der Waals surface area contributed by atoms with Crippen LogP contribution in [-0.4, -0.2) is 47.0 Å². The van der Waals surface area contributed by atoms with Crippen LogP contribution in [0.1, 0.15) is 19.0 Å². The zero-order valence-corrected chi connectivity index (χ0v) is 13.7. The molecule has 1 saturated heterocycles. The molecule has 1 fully saturated rings. The van der Waals surface area contributed by atoms with Crippen LogP contribution in [0.5, 0.6) is 0 Å². The minimum absolute atomic E-state index is 0.636. The molecule has 1 aliphatic heterocycles. The summed E-state index contributed by atoms with van der Waals surface area (Å²) in [5, 5.41) is 2.94. The highest BCUT2D eigenvalue weighted by Crippen LogP contribution is 2.28. The zero-order chi connectivity index (χ0) is 13.4. The first-order valence-corrected chi connectivity index (χ1v) is 8.70. The van der Waals surface area contributed by atoms with Crippen molar-refractivity contribution in [2.75, 3.05) is 31.6 Å². The smallest absolute Gasteiger partial charge is 0.195 e. The summed E-state index contributed by atoms with van der Waals surface area (Å²) in [6, 6.07) is 0.636.